The minimum Gasteiger partial charge on any atom is -0.344 e. The number of likely N-dealkylation sites (tertiary alicyclic amines) is 1. The molecule has 1 aromatic carbocycles. The fraction of sp³-hybridized carbons (Fsp3) is 0.438. The van der Waals surface area contributed by atoms with Gasteiger partial charge in [0.1, 0.15) is 5.82 Å². The quantitative estimate of drug-likeness (QED) is 0.668. The molecule has 3 nitrogen and oxygen atoms in total. The third-order valence-corrected chi connectivity index (χ3v) is 4.20. The van der Waals surface area contributed by atoms with Gasteiger partial charge in [-0.15, -0.1) is 11.8 Å². The summed E-state index contributed by atoms with van der Waals surface area (Å²) < 4.78 is 12.7. The Labute approximate surface area is 129 Å². The number of rotatable bonds is 5. The maximum atomic E-state index is 12.7. The lowest BCUT2D eigenvalue weighted by Gasteiger charge is -2.08. The predicted molar refractivity (Wildman–Crippen MR) is 83.6 cm³/mol. The Morgan fingerprint density at radius 1 is 1.24 bits per heavy atom. The lowest BCUT2D eigenvalue weighted by molar-refractivity contribution is -0.118. The molecule has 1 aliphatic heterocycles. The molecule has 2 rings (SSSR count). The van der Waals surface area contributed by atoms with Crippen molar-refractivity contribution in [2.24, 2.45) is 0 Å². The van der Waals surface area contributed by atoms with E-state index in [1.54, 1.807) is 12.1 Å². The number of hydrogen-bond acceptors (Lipinski definition) is 3. The molecule has 1 aromatic rings. The van der Waals surface area contributed by atoms with Gasteiger partial charge in [0.25, 0.3) is 0 Å². The molecule has 1 N–H and O–H groups in total. The number of hydrogen-bond donors (Lipinski definition) is 1. The fourth-order valence-electron chi connectivity index (χ4n) is 2.04. The fourth-order valence-corrected chi connectivity index (χ4v) is 2.77. The average Bonchev–Trinajstić information content (AvgIpc) is 2.99. The number of carbonyl (C=O) groups excluding carboxylic acids is 1. The average molecular weight is 306 g/mol. The van der Waals surface area contributed by atoms with Gasteiger partial charge in [-0.05, 0) is 50.2 Å². The number of halogens is 1. The van der Waals surface area contributed by atoms with Crippen LogP contribution in [0.5, 0.6) is 0 Å². The Bertz CT molecular complexity index is 515. The van der Waals surface area contributed by atoms with Crippen LogP contribution in [0.2, 0.25) is 0 Å². The SMILES string of the molecule is O=C(CSc1ccc(F)cc1)NCC#CCN1CCCC1. The van der Waals surface area contributed by atoms with Crippen LogP contribution in [0.3, 0.4) is 0 Å². The van der Waals surface area contributed by atoms with Crippen LogP contribution in [0.4, 0.5) is 4.39 Å². The molecular formula is C16H19FN2OS. The molecule has 1 fully saturated rings. The van der Waals surface area contributed by atoms with E-state index < -0.39 is 0 Å². The highest BCUT2D eigenvalue weighted by Crippen LogP contribution is 2.17. The molecule has 0 atom stereocenters. The van der Waals surface area contributed by atoms with Crippen molar-refractivity contribution in [2.45, 2.75) is 17.7 Å². The molecule has 0 saturated carbocycles. The molecule has 21 heavy (non-hydrogen) atoms. The van der Waals surface area contributed by atoms with Crippen LogP contribution < -0.4 is 5.32 Å². The van der Waals surface area contributed by atoms with Crippen LogP contribution in [0.25, 0.3) is 0 Å². The smallest absolute Gasteiger partial charge is 0.231 e. The van der Waals surface area contributed by atoms with Gasteiger partial charge >= 0.3 is 0 Å². The topological polar surface area (TPSA) is 32.3 Å². The van der Waals surface area contributed by atoms with E-state index in [9.17, 15) is 9.18 Å². The molecule has 1 amide bonds. The maximum Gasteiger partial charge on any atom is 0.231 e. The second-order valence-corrected chi connectivity index (χ2v) is 5.90. The molecule has 0 bridgehead atoms. The number of amides is 1. The number of carbonyl (C=O) groups is 1. The van der Waals surface area contributed by atoms with Crippen molar-refractivity contribution in [3.05, 3.63) is 30.1 Å². The van der Waals surface area contributed by atoms with E-state index in [4.69, 9.17) is 0 Å². The van der Waals surface area contributed by atoms with E-state index in [1.165, 1.54) is 36.7 Å². The van der Waals surface area contributed by atoms with Crippen molar-refractivity contribution >= 4 is 17.7 Å². The van der Waals surface area contributed by atoms with Crippen LogP contribution in [-0.2, 0) is 4.79 Å². The minimum atomic E-state index is -0.267. The molecule has 0 radical (unpaired) electrons. The second kappa shape index (κ2) is 8.71. The van der Waals surface area contributed by atoms with Gasteiger partial charge in [-0.2, -0.15) is 0 Å². The number of thioether (sulfide) groups is 1. The zero-order valence-corrected chi connectivity index (χ0v) is 12.7. The highest BCUT2D eigenvalue weighted by molar-refractivity contribution is 8.00. The summed E-state index contributed by atoms with van der Waals surface area (Å²) in [4.78, 5) is 14.8. The zero-order valence-electron chi connectivity index (χ0n) is 11.9. The summed E-state index contributed by atoms with van der Waals surface area (Å²) in [6.45, 7) is 3.45. The van der Waals surface area contributed by atoms with Gasteiger partial charge in [0.15, 0.2) is 0 Å². The monoisotopic (exact) mass is 306 g/mol. The van der Waals surface area contributed by atoms with Gasteiger partial charge in [-0.3, -0.25) is 9.69 Å². The van der Waals surface area contributed by atoms with E-state index in [0.29, 0.717) is 12.3 Å². The predicted octanol–water partition coefficient (Wildman–Crippen LogP) is 2.13. The highest BCUT2D eigenvalue weighted by Gasteiger charge is 2.08. The zero-order chi connectivity index (χ0) is 14.9. The standard InChI is InChI=1S/C16H19FN2OS/c17-14-5-7-15(8-6-14)21-13-16(20)18-9-1-2-10-19-11-3-4-12-19/h5-8H,3-4,9-13H2,(H,18,20). The van der Waals surface area contributed by atoms with E-state index in [2.05, 4.69) is 22.1 Å². The number of nitrogens with one attached hydrogen (secondary N) is 1. The van der Waals surface area contributed by atoms with Gasteiger partial charge < -0.3 is 5.32 Å². The van der Waals surface area contributed by atoms with Crippen molar-refractivity contribution in [3.63, 3.8) is 0 Å². The van der Waals surface area contributed by atoms with Crippen molar-refractivity contribution in [1.82, 2.24) is 10.2 Å². The van der Waals surface area contributed by atoms with Crippen LogP contribution in [-0.4, -0.2) is 42.7 Å². The van der Waals surface area contributed by atoms with Crippen LogP contribution in [0.1, 0.15) is 12.8 Å². The molecular weight excluding hydrogens is 287 g/mol. The molecule has 0 aliphatic carbocycles. The Hall–Kier alpha value is -1.51. The van der Waals surface area contributed by atoms with E-state index in [0.717, 1.165) is 24.5 Å². The Balaban J connectivity index is 1.59. The van der Waals surface area contributed by atoms with Crippen LogP contribution in [0, 0.1) is 17.7 Å². The normalized spacial score (nSPS) is 14.5. The largest absolute Gasteiger partial charge is 0.344 e. The summed E-state index contributed by atoms with van der Waals surface area (Å²) in [7, 11) is 0. The van der Waals surface area contributed by atoms with Crippen LogP contribution >= 0.6 is 11.8 Å². The Morgan fingerprint density at radius 3 is 2.67 bits per heavy atom. The minimum absolute atomic E-state index is 0.0557. The van der Waals surface area contributed by atoms with E-state index in [-0.39, 0.29) is 11.7 Å². The second-order valence-electron chi connectivity index (χ2n) is 4.86. The first-order valence-electron chi connectivity index (χ1n) is 7.07. The van der Waals surface area contributed by atoms with Crippen molar-refractivity contribution in [2.75, 3.05) is 31.9 Å². The first kappa shape index (κ1) is 15.9. The lowest BCUT2D eigenvalue weighted by atomic mass is 10.4. The van der Waals surface area contributed by atoms with E-state index >= 15 is 0 Å². The maximum absolute atomic E-state index is 12.7. The first-order valence-corrected chi connectivity index (χ1v) is 8.06. The third kappa shape index (κ3) is 6.19. The molecule has 0 aromatic heterocycles. The van der Waals surface area contributed by atoms with Gasteiger partial charge in [0, 0.05) is 4.90 Å². The Kier molecular flexibility index (Phi) is 6.58. The molecule has 112 valence electrons. The first-order chi connectivity index (χ1) is 10.2. The Morgan fingerprint density at radius 2 is 1.95 bits per heavy atom. The summed E-state index contributed by atoms with van der Waals surface area (Å²) in [5.74, 6) is 6.04. The molecule has 0 spiro atoms. The van der Waals surface area contributed by atoms with Crippen LogP contribution in [0.15, 0.2) is 29.2 Å². The summed E-state index contributed by atoms with van der Waals surface area (Å²) >= 11 is 1.39. The molecule has 5 heteroatoms. The molecule has 0 unspecified atom stereocenters. The number of benzene rings is 1. The third-order valence-electron chi connectivity index (χ3n) is 3.18. The van der Waals surface area contributed by atoms with E-state index in [1.807, 2.05) is 0 Å². The van der Waals surface area contributed by atoms with Crippen molar-refractivity contribution < 1.29 is 9.18 Å². The molecule has 1 aliphatic rings. The summed E-state index contributed by atoms with van der Waals surface area (Å²) in [6.07, 6.45) is 2.53. The van der Waals surface area contributed by atoms with Gasteiger partial charge in [-0.1, -0.05) is 11.8 Å². The molecule has 1 heterocycles. The lowest BCUT2D eigenvalue weighted by Crippen LogP contribution is -2.25. The van der Waals surface area contributed by atoms with Crippen molar-refractivity contribution in [1.29, 1.82) is 0 Å². The summed E-state index contributed by atoms with van der Waals surface area (Å²) in [5, 5.41) is 2.76. The van der Waals surface area contributed by atoms with Gasteiger partial charge in [-0.25, -0.2) is 4.39 Å². The molecule has 1 saturated heterocycles. The highest BCUT2D eigenvalue weighted by atomic mass is 32.2. The van der Waals surface area contributed by atoms with Gasteiger partial charge in [0.05, 0.1) is 18.8 Å². The van der Waals surface area contributed by atoms with Gasteiger partial charge in [0.2, 0.25) is 5.91 Å². The summed E-state index contributed by atoms with van der Waals surface area (Å²) in [5.41, 5.74) is 0. The summed E-state index contributed by atoms with van der Waals surface area (Å²) in [6, 6.07) is 6.13. The number of nitrogens with zero attached hydrogens (tertiary/aromatic N) is 1. The van der Waals surface area contributed by atoms with Crippen molar-refractivity contribution in [3.8, 4) is 11.8 Å².